The number of ether oxygens (including phenoxy) is 2. The third-order valence-electron chi connectivity index (χ3n) is 11.9. The second-order valence-corrected chi connectivity index (χ2v) is 20.8. The third-order valence-corrected chi connectivity index (χ3v) is 13.4. The molecule has 0 aromatic heterocycles. The molecule has 0 radical (unpaired) electrons. The molecule has 0 bridgehead atoms. The van der Waals surface area contributed by atoms with Gasteiger partial charge in [0.25, 0.3) is 0 Å². The highest BCUT2D eigenvalue weighted by Crippen LogP contribution is 2.49. The van der Waals surface area contributed by atoms with Gasteiger partial charge in [0.05, 0.1) is 18.8 Å². The van der Waals surface area contributed by atoms with E-state index in [0.29, 0.717) is 38.5 Å². The van der Waals surface area contributed by atoms with E-state index in [0.717, 1.165) is 89.9 Å². The van der Waals surface area contributed by atoms with Crippen molar-refractivity contribution in [3.8, 4) is 0 Å². The molecule has 1 fully saturated rings. The SMILES string of the molecule is CCCCC/C=C\C/C=C\CCCCCCCCCCCC(=O)O[C@H](COC(=O)CCCCCCC[C@@H](O)[C@H](O)C/C=C\CCCCC)COP(=O)(O)O[C@H]1C(O)C(O)C(O)[C@@H](OP(=O)(O)O)C1O. The minimum absolute atomic E-state index is 0.00763. The molecular weight excluding hydrogens is 938 g/mol. The lowest BCUT2D eigenvalue weighted by Crippen LogP contribution is -2.64. The molecule has 0 heterocycles. The van der Waals surface area contributed by atoms with Crippen LogP contribution >= 0.6 is 15.6 Å². The van der Waals surface area contributed by atoms with Crippen LogP contribution in [-0.4, -0.2) is 125 Å². The van der Waals surface area contributed by atoms with Crippen LogP contribution in [0.3, 0.4) is 0 Å². The first-order valence-corrected chi connectivity index (χ1v) is 28.7. The lowest BCUT2D eigenvalue weighted by molar-refractivity contribution is -0.216. The van der Waals surface area contributed by atoms with Crippen LogP contribution in [0.1, 0.15) is 194 Å². The zero-order chi connectivity index (χ0) is 51.3. The molecular formula is C49H90O18P2. The Morgan fingerprint density at radius 3 is 1.52 bits per heavy atom. The Morgan fingerprint density at radius 2 is 0.986 bits per heavy atom. The van der Waals surface area contributed by atoms with Crippen molar-refractivity contribution in [1.29, 1.82) is 0 Å². The van der Waals surface area contributed by atoms with Crippen LogP contribution in [0.2, 0.25) is 0 Å². The quantitative estimate of drug-likeness (QED) is 0.0120. The van der Waals surface area contributed by atoms with Crippen molar-refractivity contribution in [2.75, 3.05) is 13.2 Å². The maximum atomic E-state index is 13.0. The van der Waals surface area contributed by atoms with Crippen LogP contribution < -0.4 is 0 Å². The second kappa shape index (κ2) is 39.6. The van der Waals surface area contributed by atoms with E-state index in [1.54, 1.807) is 0 Å². The number of allylic oxidation sites excluding steroid dienone is 5. The first-order chi connectivity index (χ1) is 32.9. The standard InChI is InChI=1S/C49H90O18P2/c1-3-5-7-9-11-12-13-14-15-16-17-18-19-20-21-22-23-27-32-36-43(53)65-39(38-64-69(61,62)67-49-46(56)44(54)45(55)48(47(49)57)66-68(58,59)60)37-63-42(52)35-31-28-24-26-30-34-41(51)40(50)33-29-25-10-8-6-4-2/h11-12,14-15,25,29,39-41,44-51,54-57H,3-10,13,16-24,26-28,30-38H2,1-2H3,(H,61,62)(H2,58,59,60)/b12-11-,15-14-,29-25-/t39-,40-,41-,44?,45?,46?,47?,48-,49+/m1/s1. The highest BCUT2D eigenvalue weighted by molar-refractivity contribution is 7.47. The van der Waals surface area contributed by atoms with Crippen molar-refractivity contribution in [2.24, 2.45) is 0 Å². The van der Waals surface area contributed by atoms with Crippen LogP contribution in [0.5, 0.6) is 0 Å². The van der Waals surface area contributed by atoms with Crippen LogP contribution in [0.25, 0.3) is 0 Å². The molecule has 0 saturated heterocycles. The van der Waals surface area contributed by atoms with Gasteiger partial charge >= 0.3 is 27.6 Å². The van der Waals surface area contributed by atoms with E-state index in [1.165, 1.54) is 38.5 Å². The summed E-state index contributed by atoms with van der Waals surface area (Å²) in [6.07, 6.45) is 21.0. The molecule has 1 rings (SSSR count). The zero-order valence-corrected chi connectivity index (χ0v) is 43.3. The van der Waals surface area contributed by atoms with E-state index in [2.05, 4.69) is 42.7 Å². The Bertz CT molecular complexity index is 1510. The fourth-order valence-electron chi connectivity index (χ4n) is 7.73. The minimum Gasteiger partial charge on any atom is -0.462 e. The van der Waals surface area contributed by atoms with Gasteiger partial charge in [0.1, 0.15) is 43.2 Å². The van der Waals surface area contributed by atoms with Crippen molar-refractivity contribution in [3.05, 3.63) is 36.5 Å². The predicted octanol–water partition coefficient (Wildman–Crippen LogP) is 8.23. The summed E-state index contributed by atoms with van der Waals surface area (Å²) in [7, 11) is -10.7. The van der Waals surface area contributed by atoms with E-state index >= 15 is 0 Å². The van der Waals surface area contributed by atoms with E-state index in [-0.39, 0.29) is 12.8 Å². The number of hydrogen-bond donors (Lipinski definition) is 9. The number of unbranched alkanes of at least 4 members (excludes halogenated alkanes) is 19. The summed E-state index contributed by atoms with van der Waals surface area (Å²) in [5.41, 5.74) is 0. The number of carbonyl (C=O) groups is 2. The lowest BCUT2D eigenvalue weighted by Gasteiger charge is -2.43. The van der Waals surface area contributed by atoms with Gasteiger partial charge in [-0.2, -0.15) is 0 Å². The summed E-state index contributed by atoms with van der Waals surface area (Å²) in [6.45, 7) is 2.91. The van der Waals surface area contributed by atoms with Gasteiger partial charge in [0.15, 0.2) is 6.10 Å². The van der Waals surface area contributed by atoms with E-state index in [1.807, 2.05) is 12.2 Å². The smallest absolute Gasteiger partial charge is 0.462 e. The van der Waals surface area contributed by atoms with Gasteiger partial charge in [-0.3, -0.25) is 23.2 Å². The minimum atomic E-state index is -5.38. The Morgan fingerprint density at radius 1 is 0.522 bits per heavy atom. The molecule has 18 nitrogen and oxygen atoms in total. The van der Waals surface area contributed by atoms with Crippen molar-refractivity contribution < 1.29 is 87.1 Å². The summed E-state index contributed by atoms with van der Waals surface area (Å²) in [6, 6.07) is 0. The van der Waals surface area contributed by atoms with E-state index < -0.39 is 95.7 Å². The van der Waals surface area contributed by atoms with Crippen molar-refractivity contribution in [1.82, 2.24) is 0 Å². The molecule has 0 spiro atoms. The summed E-state index contributed by atoms with van der Waals surface area (Å²) in [5.74, 6) is -1.32. The number of rotatable bonds is 43. The highest BCUT2D eigenvalue weighted by atomic mass is 31.2. The summed E-state index contributed by atoms with van der Waals surface area (Å²) in [5, 5.41) is 61.8. The van der Waals surface area contributed by atoms with Crippen LogP contribution in [0.15, 0.2) is 36.5 Å². The average Bonchev–Trinajstić information content (AvgIpc) is 3.30. The van der Waals surface area contributed by atoms with Crippen molar-refractivity contribution >= 4 is 27.6 Å². The molecule has 0 aromatic carbocycles. The normalized spacial score (nSPS) is 22.3. The molecule has 5 unspecified atom stereocenters. The predicted molar refractivity (Wildman–Crippen MR) is 262 cm³/mol. The fraction of sp³-hybridized carbons (Fsp3) is 0.837. The Kier molecular flexibility index (Phi) is 37.4. The number of carbonyl (C=O) groups excluding carboxylic acids is 2. The Hall–Kier alpha value is -1.86. The number of aliphatic hydroxyl groups excluding tert-OH is 6. The molecule has 0 aliphatic heterocycles. The number of hydrogen-bond acceptors (Lipinski definition) is 15. The first-order valence-electron chi connectivity index (χ1n) is 25.7. The molecule has 1 aliphatic rings. The number of phosphoric ester groups is 2. The van der Waals surface area contributed by atoms with Gasteiger partial charge in [-0.05, 0) is 70.6 Å². The number of esters is 2. The summed E-state index contributed by atoms with van der Waals surface area (Å²) < 4.78 is 49.4. The van der Waals surface area contributed by atoms with Gasteiger partial charge in [0.2, 0.25) is 0 Å². The highest BCUT2D eigenvalue weighted by Gasteiger charge is 2.54. The van der Waals surface area contributed by atoms with Crippen LogP contribution in [0, 0.1) is 0 Å². The third kappa shape index (κ3) is 33.5. The van der Waals surface area contributed by atoms with Crippen LogP contribution in [0.4, 0.5) is 0 Å². The fourth-order valence-corrected chi connectivity index (χ4v) is 9.27. The number of phosphoric acid groups is 2. The lowest BCUT2D eigenvalue weighted by atomic mass is 9.85. The molecule has 1 aliphatic carbocycles. The van der Waals surface area contributed by atoms with Gasteiger partial charge in [-0.25, -0.2) is 9.13 Å². The summed E-state index contributed by atoms with van der Waals surface area (Å²) >= 11 is 0. The second-order valence-electron chi connectivity index (χ2n) is 18.2. The van der Waals surface area contributed by atoms with Gasteiger partial charge in [0, 0.05) is 12.8 Å². The molecule has 0 aromatic rings. The van der Waals surface area contributed by atoms with Crippen molar-refractivity contribution in [2.45, 2.75) is 249 Å². The Balaban J connectivity index is 2.59. The average molecular weight is 1030 g/mol. The molecule has 10 atom stereocenters. The maximum absolute atomic E-state index is 13.0. The number of aliphatic hydroxyl groups is 6. The molecule has 404 valence electrons. The topological polar surface area (TPSA) is 296 Å². The maximum Gasteiger partial charge on any atom is 0.472 e. The largest absolute Gasteiger partial charge is 0.472 e. The van der Waals surface area contributed by atoms with Gasteiger partial charge in [-0.15, -0.1) is 0 Å². The monoisotopic (exact) mass is 1030 g/mol. The molecule has 9 N–H and O–H groups in total. The molecule has 69 heavy (non-hydrogen) atoms. The molecule has 0 amide bonds. The first kappa shape index (κ1) is 65.2. The van der Waals surface area contributed by atoms with Gasteiger partial charge < -0.3 is 54.8 Å². The summed E-state index contributed by atoms with van der Waals surface area (Å²) in [4.78, 5) is 54.4. The Labute approximate surface area is 411 Å². The van der Waals surface area contributed by atoms with Crippen molar-refractivity contribution in [3.63, 3.8) is 0 Å². The van der Waals surface area contributed by atoms with Gasteiger partial charge in [-0.1, -0.05) is 147 Å². The van der Waals surface area contributed by atoms with E-state index in [4.69, 9.17) is 18.5 Å². The zero-order valence-electron chi connectivity index (χ0n) is 41.5. The van der Waals surface area contributed by atoms with Crippen LogP contribution in [-0.2, 0) is 41.8 Å². The molecule has 20 heteroatoms. The van der Waals surface area contributed by atoms with E-state index in [9.17, 15) is 64.0 Å². The molecule has 1 saturated carbocycles.